The summed E-state index contributed by atoms with van der Waals surface area (Å²) in [6.07, 6.45) is 2.21. The Morgan fingerprint density at radius 2 is 1.84 bits per heavy atom. The molecule has 3 aromatic rings. The summed E-state index contributed by atoms with van der Waals surface area (Å²) in [4.78, 5) is 24.5. The second-order valence-corrected chi connectivity index (χ2v) is 8.02. The van der Waals surface area contributed by atoms with Crippen molar-refractivity contribution in [2.24, 2.45) is 0 Å². The van der Waals surface area contributed by atoms with Gasteiger partial charge in [0.2, 0.25) is 11.8 Å². The van der Waals surface area contributed by atoms with Gasteiger partial charge in [-0.15, -0.1) is 16.8 Å². The predicted molar refractivity (Wildman–Crippen MR) is 124 cm³/mol. The van der Waals surface area contributed by atoms with Gasteiger partial charge in [-0.05, 0) is 36.4 Å². The molecular formula is C22H21ClFN5O2S. The molecule has 32 heavy (non-hydrogen) atoms. The molecule has 2 amide bonds. The molecule has 0 unspecified atom stereocenters. The summed E-state index contributed by atoms with van der Waals surface area (Å²) in [6, 6.07) is 12.5. The quantitative estimate of drug-likeness (QED) is 0.333. The second-order valence-electron chi connectivity index (χ2n) is 6.67. The number of benzene rings is 2. The summed E-state index contributed by atoms with van der Waals surface area (Å²) in [5.41, 5.74) is 1.06. The number of hydrogen-bond donors (Lipinski definition) is 2. The van der Waals surface area contributed by atoms with Crippen LogP contribution < -0.4 is 10.6 Å². The van der Waals surface area contributed by atoms with Crippen LogP contribution in [0.2, 0.25) is 5.02 Å². The van der Waals surface area contributed by atoms with Gasteiger partial charge >= 0.3 is 0 Å². The van der Waals surface area contributed by atoms with E-state index in [9.17, 15) is 14.0 Å². The van der Waals surface area contributed by atoms with Crippen molar-refractivity contribution in [2.45, 2.75) is 24.5 Å². The normalized spacial score (nSPS) is 10.6. The van der Waals surface area contributed by atoms with Crippen molar-refractivity contribution in [1.29, 1.82) is 0 Å². The summed E-state index contributed by atoms with van der Waals surface area (Å²) in [5.74, 6) is -0.0974. The van der Waals surface area contributed by atoms with Crippen LogP contribution in [0.5, 0.6) is 0 Å². The monoisotopic (exact) mass is 473 g/mol. The van der Waals surface area contributed by atoms with Crippen molar-refractivity contribution in [2.75, 3.05) is 16.4 Å². The molecule has 2 N–H and O–H groups in total. The number of amides is 2. The smallest absolute Gasteiger partial charge is 0.234 e. The standard InChI is InChI=1S/C22H21ClFN5O2S/c1-2-13-29-19(11-12-20(30)25-16-9-7-15(24)8-10-16)27-28-22(29)32-14-21(31)26-18-6-4-3-5-17(18)23/h2-10H,1,11-14H2,(H,25,30)(H,26,31). The Hall–Kier alpha value is -3.17. The minimum Gasteiger partial charge on any atom is -0.326 e. The van der Waals surface area contributed by atoms with Gasteiger partial charge in [0.15, 0.2) is 5.16 Å². The fourth-order valence-electron chi connectivity index (χ4n) is 2.78. The number of aryl methyl sites for hydroxylation is 1. The average Bonchev–Trinajstić information content (AvgIpc) is 3.16. The summed E-state index contributed by atoms with van der Waals surface area (Å²) in [7, 11) is 0. The number of halogens is 2. The van der Waals surface area contributed by atoms with Gasteiger partial charge in [-0.1, -0.05) is 41.6 Å². The minimum atomic E-state index is -0.369. The van der Waals surface area contributed by atoms with E-state index in [1.807, 2.05) is 4.57 Å². The molecule has 7 nitrogen and oxygen atoms in total. The van der Waals surface area contributed by atoms with Gasteiger partial charge in [0.1, 0.15) is 11.6 Å². The van der Waals surface area contributed by atoms with E-state index in [0.717, 1.165) is 0 Å². The van der Waals surface area contributed by atoms with Gasteiger partial charge in [0.05, 0.1) is 16.5 Å². The van der Waals surface area contributed by atoms with Crippen LogP contribution >= 0.6 is 23.4 Å². The summed E-state index contributed by atoms with van der Waals surface area (Å²) >= 11 is 7.29. The molecule has 0 aliphatic heterocycles. The second kappa shape index (κ2) is 11.4. The van der Waals surface area contributed by atoms with Gasteiger partial charge in [-0.25, -0.2) is 4.39 Å². The van der Waals surface area contributed by atoms with Gasteiger partial charge in [0.25, 0.3) is 0 Å². The number of aromatic nitrogens is 3. The zero-order chi connectivity index (χ0) is 22.9. The van der Waals surface area contributed by atoms with Crippen LogP contribution in [0.4, 0.5) is 15.8 Å². The lowest BCUT2D eigenvalue weighted by atomic mass is 10.2. The Morgan fingerprint density at radius 3 is 2.56 bits per heavy atom. The molecular weight excluding hydrogens is 453 g/mol. The largest absolute Gasteiger partial charge is 0.326 e. The zero-order valence-corrected chi connectivity index (χ0v) is 18.6. The first-order valence-electron chi connectivity index (χ1n) is 9.72. The number of nitrogens with one attached hydrogen (secondary N) is 2. The van der Waals surface area contributed by atoms with Crippen molar-refractivity contribution >= 4 is 46.6 Å². The van der Waals surface area contributed by atoms with Gasteiger partial charge in [0, 0.05) is 25.1 Å². The molecule has 0 fully saturated rings. The molecule has 0 bridgehead atoms. The number of thioether (sulfide) groups is 1. The Balaban J connectivity index is 1.56. The van der Waals surface area contributed by atoms with Crippen molar-refractivity contribution in [3.05, 3.63) is 77.9 Å². The highest BCUT2D eigenvalue weighted by atomic mass is 35.5. The molecule has 0 saturated heterocycles. The number of carbonyl (C=O) groups is 2. The van der Waals surface area contributed by atoms with Crippen molar-refractivity contribution in [1.82, 2.24) is 14.8 Å². The Kier molecular flexibility index (Phi) is 8.41. The molecule has 1 aromatic heterocycles. The highest BCUT2D eigenvalue weighted by molar-refractivity contribution is 7.99. The first-order chi connectivity index (χ1) is 15.5. The Morgan fingerprint density at radius 1 is 1.09 bits per heavy atom. The van der Waals surface area contributed by atoms with Gasteiger partial charge in [-0.3, -0.25) is 9.59 Å². The molecule has 10 heteroatoms. The molecule has 0 spiro atoms. The van der Waals surface area contributed by atoms with Crippen LogP contribution in [-0.2, 0) is 22.6 Å². The van der Waals surface area contributed by atoms with E-state index < -0.39 is 0 Å². The number of rotatable bonds is 10. The fraction of sp³-hybridized carbons (Fsp3) is 0.182. The van der Waals surface area contributed by atoms with E-state index in [1.54, 1.807) is 30.3 Å². The average molecular weight is 474 g/mol. The van der Waals surface area contributed by atoms with Crippen molar-refractivity contribution in [3.63, 3.8) is 0 Å². The van der Waals surface area contributed by atoms with Crippen LogP contribution in [0.3, 0.4) is 0 Å². The van der Waals surface area contributed by atoms with E-state index in [2.05, 4.69) is 27.4 Å². The van der Waals surface area contributed by atoms with Crippen LogP contribution in [0.1, 0.15) is 12.2 Å². The minimum absolute atomic E-state index is 0.117. The lowest BCUT2D eigenvalue weighted by molar-refractivity contribution is -0.116. The third kappa shape index (κ3) is 6.66. The zero-order valence-electron chi connectivity index (χ0n) is 17.1. The lowest BCUT2D eigenvalue weighted by Crippen LogP contribution is -2.15. The molecule has 0 atom stereocenters. The molecule has 1 heterocycles. The van der Waals surface area contributed by atoms with Crippen molar-refractivity contribution in [3.8, 4) is 0 Å². The number of para-hydroxylation sites is 1. The predicted octanol–water partition coefficient (Wildman–Crippen LogP) is 4.56. The summed E-state index contributed by atoms with van der Waals surface area (Å²) in [6.45, 7) is 4.19. The van der Waals surface area contributed by atoms with Gasteiger partial charge < -0.3 is 15.2 Å². The summed E-state index contributed by atoms with van der Waals surface area (Å²) < 4.78 is 14.8. The highest BCUT2D eigenvalue weighted by Gasteiger charge is 2.15. The number of carbonyl (C=O) groups excluding carboxylic acids is 2. The lowest BCUT2D eigenvalue weighted by Gasteiger charge is -2.09. The van der Waals surface area contributed by atoms with Gasteiger partial charge in [-0.2, -0.15) is 0 Å². The van der Waals surface area contributed by atoms with E-state index in [4.69, 9.17) is 11.6 Å². The number of nitrogens with zero attached hydrogens (tertiary/aromatic N) is 3. The third-order valence-corrected chi connectivity index (χ3v) is 5.59. The fourth-order valence-corrected chi connectivity index (χ4v) is 3.73. The maximum Gasteiger partial charge on any atom is 0.234 e. The molecule has 0 saturated carbocycles. The van der Waals surface area contributed by atoms with Crippen LogP contribution in [-0.4, -0.2) is 32.3 Å². The van der Waals surface area contributed by atoms with Crippen molar-refractivity contribution < 1.29 is 14.0 Å². The van der Waals surface area contributed by atoms with Crippen LogP contribution in [0.15, 0.2) is 66.3 Å². The molecule has 0 aliphatic carbocycles. The van der Waals surface area contributed by atoms with Crippen LogP contribution in [0.25, 0.3) is 0 Å². The molecule has 0 radical (unpaired) electrons. The first kappa shape index (κ1) is 23.5. The molecule has 3 rings (SSSR count). The maximum absolute atomic E-state index is 13.0. The Labute approximate surface area is 194 Å². The third-order valence-electron chi connectivity index (χ3n) is 4.29. The SMILES string of the molecule is C=CCn1c(CCC(=O)Nc2ccc(F)cc2)nnc1SCC(=O)Nc1ccccc1Cl. The number of allylic oxidation sites excluding steroid dienone is 1. The van der Waals surface area contributed by atoms with E-state index >= 15 is 0 Å². The van der Waals surface area contributed by atoms with E-state index in [-0.39, 0.29) is 29.8 Å². The first-order valence-corrected chi connectivity index (χ1v) is 11.1. The number of anilines is 2. The molecule has 166 valence electrons. The maximum atomic E-state index is 13.0. The molecule has 0 aliphatic rings. The molecule has 2 aromatic carbocycles. The highest BCUT2D eigenvalue weighted by Crippen LogP contribution is 2.22. The number of hydrogen-bond acceptors (Lipinski definition) is 5. The summed E-state index contributed by atoms with van der Waals surface area (Å²) in [5, 5.41) is 14.8. The Bertz CT molecular complexity index is 1100. The van der Waals surface area contributed by atoms with Crippen LogP contribution in [0, 0.1) is 5.82 Å². The van der Waals surface area contributed by atoms with E-state index in [0.29, 0.717) is 40.3 Å². The van der Waals surface area contributed by atoms with E-state index in [1.165, 1.54) is 36.0 Å². The topological polar surface area (TPSA) is 88.9 Å².